The van der Waals surface area contributed by atoms with Gasteiger partial charge in [-0.2, -0.15) is 8.62 Å². The summed E-state index contributed by atoms with van der Waals surface area (Å²) in [6.07, 6.45) is -0.191. The lowest BCUT2D eigenvalue weighted by Gasteiger charge is -2.21. The molecule has 1 aliphatic rings. The Kier molecular flexibility index (Phi) is 8.73. The van der Waals surface area contributed by atoms with Crippen LogP contribution in [0.5, 0.6) is 0 Å². The van der Waals surface area contributed by atoms with Gasteiger partial charge in [0.25, 0.3) is 5.56 Å². The molecule has 0 saturated carbocycles. The molecule has 0 amide bonds. The quantitative estimate of drug-likeness (QED) is 0.191. The average molecular weight is 522 g/mol. The minimum atomic E-state index is -5.67. The predicted octanol–water partition coefficient (Wildman–Crippen LogP) is 0.0470. The Hall–Kier alpha value is -1.25. The standard InChI is InChI=1S/C13H21N2O14P3/c1-3-4-25-9-5-11(15-6-8(2)12(16)14-13(15)17)27-10(9)7-26-31(21,22)29-32(23,24)28-30(18,19)20/h3,6,9-11H,1,4-5,7H2,2H3,(H,21,22)(H,23,24)(H,14,16,17)(H2,18,19,20)/t9?,10-,11-/m1/s1. The zero-order chi connectivity index (χ0) is 24.3. The SMILES string of the molecule is C=CCOC1C[C@H](n2cc(C)c(=O)[nH]c2=O)O[C@@H]1COP(=O)(O)OP(=O)(O)OP(=O)(O)O. The number of nitrogens with one attached hydrogen (secondary N) is 1. The van der Waals surface area contributed by atoms with Crippen molar-refractivity contribution in [2.75, 3.05) is 13.2 Å². The van der Waals surface area contributed by atoms with Crippen molar-refractivity contribution in [1.82, 2.24) is 9.55 Å². The highest BCUT2D eigenvalue weighted by molar-refractivity contribution is 7.66. The lowest BCUT2D eigenvalue weighted by atomic mass is 10.2. The molecule has 16 nitrogen and oxygen atoms in total. The summed E-state index contributed by atoms with van der Waals surface area (Å²) >= 11 is 0. The number of phosphoric ester groups is 1. The van der Waals surface area contributed by atoms with Gasteiger partial charge < -0.3 is 29.0 Å². The van der Waals surface area contributed by atoms with Crippen LogP contribution in [0.2, 0.25) is 0 Å². The molecule has 32 heavy (non-hydrogen) atoms. The second kappa shape index (κ2) is 10.3. The highest BCUT2D eigenvalue weighted by Crippen LogP contribution is 2.66. The van der Waals surface area contributed by atoms with Crippen LogP contribution in [-0.2, 0) is 36.3 Å². The maximum absolute atomic E-state index is 12.1. The smallest absolute Gasteiger partial charge is 0.371 e. The Labute approximate surface area is 179 Å². The van der Waals surface area contributed by atoms with Gasteiger partial charge >= 0.3 is 29.2 Å². The van der Waals surface area contributed by atoms with Crippen molar-refractivity contribution in [1.29, 1.82) is 0 Å². The molecule has 182 valence electrons. The molecule has 0 bridgehead atoms. The first kappa shape index (κ1) is 27.0. The van der Waals surface area contributed by atoms with Gasteiger partial charge in [0.1, 0.15) is 12.3 Å². The molecule has 3 unspecified atom stereocenters. The lowest BCUT2D eigenvalue weighted by molar-refractivity contribution is -0.0571. The Morgan fingerprint density at radius 2 is 1.88 bits per heavy atom. The molecule has 1 saturated heterocycles. The van der Waals surface area contributed by atoms with Crippen LogP contribution in [0.1, 0.15) is 18.2 Å². The maximum Gasteiger partial charge on any atom is 0.490 e. The third-order valence-corrected chi connectivity index (χ3v) is 7.69. The van der Waals surface area contributed by atoms with E-state index >= 15 is 0 Å². The Morgan fingerprint density at radius 3 is 2.47 bits per heavy atom. The highest BCUT2D eigenvalue weighted by Gasteiger charge is 2.43. The molecule has 1 fully saturated rings. The van der Waals surface area contributed by atoms with E-state index < -0.39 is 59.8 Å². The van der Waals surface area contributed by atoms with E-state index in [1.54, 1.807) is 0 Å². The van der Waals surface area contributed by atoms with Gasteiger partial charge in [-0.25, -0.2) is 18.5 Å². The molecule has 1 aliphatic heterocycles. The lowest BCUT2D eigenvalue weighted by Crippen LogP contribution is -2.33. The van der Waals surface area contributed by atoms with Crippen molar-refractivity contribution < 1.29 is 55.9 Å². The van der Waals surface area contributed by atoms with Crippen molar-refractivity contribution in [2.45, 2.75) is 31.8 Å². The van der Waals surface area contributed by atoms with E-state index in [0.717, 1.165) is 4.57 Å². The van der Waals surface area contributed by atoms with Gasteiger partial charge in [0, 0.05) is 18.2 Å². The first-order valence-electron chi connectivity index (χ1n) is 8.61. The molecule has 19 heteroatoms. The fourth-order valence-electron chi connectivity index (χ4n) is 2.66. The van der Waals surface area contributed by atoms with Crippen molar-refractivity contribution in [3.63, 3.8) is 0 Å². The number of aryl methyl sites for hydroxylation is 1. The van der Waals surface area contributed by atoms with E-state index in [1.807, 2.05) is 0 Å². The molecule has 1 aromatic heterocycles. The van der Waals surface area contributed by atoms with Crippen LogP contribution < -0.4 is 11.2 Å². The molecular formula is C13H21N2O14P3. The summed E-state index contributed by atoms with van der Waals surface area (Å²) in [6, 6.07) is 0. The monoisotopic (exact) mass is 522 g/mol. The fraction of sp³-hybridized carbons (Fsp3) is 0.538. The normalized spacial score (nSPS) is 25.2. The van der Waals surface area contributed by atoms with Crippen LogP contribution in [0, 0.1) is 6.92 Å². The van der Waals surface area contributed by atoms with Gasteiger partial charge in [0.2, 0.25) is 0 Å². The van der Waals surface area contributed by atoms with Crippen molar-refractivity contribution in [3.8, 4) is 0 Å². The van der Waals surface area contributed by atoms with Gasteiger partial charge in [-0.3, -0.25) is 18.9 Å². The van der Waals surface area contributed by atoms with Gasteiger partial charge in [0.15, 0.2) is 0 Å². The zero-order valence-corrected chi connectivity index (χ0v) is 19.1. The number of aromatic nitrogens is 2. The van der Waals surface area contributed by atoms with E-state index in [-0.39, 0.29) is 18.6 Å². The van der Waals surface area contributed by atoms with Crippen molar-refractivity contribution in [3.05, 3.63) is 45.3 Å². The van der Waals surface area contributed by atoms with Crippen LogP contribution in [0.25, 0.3) is 0 Å². The van der Waals surface area contributed by atoms with E-state index in [9.17, 15) is 33.1 Å². The first-order valence-corrected chi connectivity index (χ1v) is 13.1. The summed E-state index contributed by atoms with van der Waals surface area (Å²) in [6.45, 7) is 4.21. The van der Waals surface area contributed by atoms with Crippen molar-refractivity contribution in [2.24, 2.45) is 0 Å². The number of aromatic amines is 1. The van der Waals surface area contributed by atoms with Gasteiger partial charge in [-0.1, -0.05) is 6.08 Å². The molecule has 5 N–H and O–H groups in total. The van der Waals surface area contributed by atoms with E-state index in [0.29, 0.717) is 0 Å². The minimum Gasteiger partial charge on any atom is -0.371 e. The van der Waals surface area contributed by atoms with Gasteiger partial charge in [0.05, 0.1) is 19.3 Å². The van der Waals surface area contributed by atoms with Gasteiger partial charge in [-0.15, -0.1) is 6.58 Å². The summed E-state index contributed by atoms with van der Waals surface area (Å²) in [4.78, 5) is 61.6. The van der Waals surface area contributed by atoms with Crippen molar-refractivity contribution >= 4 is 23.5 Å². The topological polar surface area (TPSA) is 233 Å². The third kappa shape index (κ3) is 7.96. The Bertz CT molecular complexity index is 1090. The molecule has 1 aromatic rings. The number of rotatable bonds is 11. The van der Waals surface area contributed by atoms with Crippen LogP contribution in [-0.4, -0.2) is 54.5 Å². The van der Waals surface area contributed by atoms with E-state index in [2.05, 4.69) is 24.7 Å². The predicted molar refractivity (Wildman–Crippen MR) is 104 cm³/mol. The fourth-order valence-corrected chi connectivity index (χ4v) is 5.69. The van der Waals surface area contributed by atoms with E-state index in [1.165, 1.54) is 19.2 Å². The highest BCUT2D eigenvalue weighted by atomic mass is 31.3. The Morgan fingerprint density at radius 1 is 1.22 bits per heavy atom. The van der Waals surface area contributed by atoms with Gasteiger partial charge in [-0.05, 0) is 6.92 Å². The molecule has 5 atom stereocenters. The molecular weight excluding hydrogens is 501 g/mol. The second-order valence-corrected chi connectivity index (χ2v) is 10.8. The minimum absolute atomic E-state index is 0.0338. The van der Waals surface area contributed by atoms with Crippen LogP contribution >= 0.6 is 23.5 Å². The third-order valence-electron chi connectivity index (χ3n) is 3.88. The number of phosphoric acid groups is 3. The molecule has 0 aromatic carbocycles. The zero-order valence-electron chi connectivity index (χ0n) is 16.4. The number of nitrogens with zero attached hydrogens (tertiary/aromatic N) is 1. The van der Waals surface area contributed by atoms with Crippen LogP contribution in [0.15, 0.2) is 28.4 Å². The summed E-state index contributed by atoms with van der Waals surface area (Å²) in [7, 11) is -16.6. The Balaban J connectivity index is 2.13. The van der Waals surface area contributed by atoms with E-state index in [4.69, 9.17) is 19.3 Å². The largest absolute Gasteiger partial charge is 0.490 e. The number of hydrogen-bond donors (Lipinski definition) is 5. The second-order valence-electron chi connectivity index (χ2n) is 6.39. The van der Waals surface area contributed by atoms with Crippen LogP contribution in [0.3, 0.4) is 0 Å². The molecule has 0 radical (unpaired) electrons. The maximum atomic E-state index is 12.1. The average Bonchev–Trinajstić information content (AvgIpc) is 3.01. The summed E-state index contributed by atoms with van der Waals surface area (Å²) in [5.74, 6) is 0. The summed E-state index contributed by atoms with van der Waals surface area (Å²) in [5, 5.41) is 0. The van der Waals surface area contributed by atoms with Crippen LogP contribution in [0.4, 0.5) is 0 Å². The molecule has 0 spiro atoms. The summed E-state index contributed by atoms with van der Waals surface area (Å²) in [5.41, 5.74) is -1.15. The molecule has 2 rings (SSSR count). The number of ether oxygens (including phenoxy) is 2. The first-order chi connectivity index (χ1) is 14.6. The molecule has 2 heterocycles. The molecule has 0 aliphatic carbocycles. The number of H-pyrrole nitrogens is 1. The summed E-state index contributed by atoms with van der Waals surface area (Å²) < 4.78 is 58.0. The number of hydrogen-bond acceptors (Lipinski definition) is 10.